The molecule has 18 heavy (non-hydrogen) atoms. The van der Waals surface area contributed by atoms with Gasteiger partial charge in [-0.1, -0.05) is 0 Å². The zero-order chi connectivity index (χ0) is 13.0. The van der Waals surface area contributed by atoms with Gasteiger partial charge < -0.3 is 10.2 Å². The van der Waals surface area contributed by atoms with E-state index in [1.54, 1.807) is 12.3 Å². The number of rotatable bonds is 3. The number of hydrogen-bond donors (Lipinski definition) is 1. The summed E-state index contributed by atoms with van der Waals surface area (Å²) in [6.07, 6.45) is 1.65. The summed E-state index contributed by atoms with van der Waals surface area (Å²) in [5, 5.41) is 11.9. The Labute approximate surface area is 107 Å². The van der Waals surface area contributed by atoms with Crippen LogP contribution in [0.15, 0.2) is 42.6 Å². The lowest BCUT2D eigenvalue weighted by molar-refractivity contribution is 1.13. The van der Waals surface area contributed by atoms with Gasteiger partial charge in [0.25, 0.3) is 0 Å². The molecule has 0 aliphatic rings. The van der Waals surface area contributed by atoms with Crippen molar-refractivity contribution in [2.45, 2.75) is 0 Å². The molecule has 4 nitrogen and oxygen atoms in total. The van der Waals surface area contributed by atoms with Crippen molar-refractivity contribution in [2.75, 3.05) is 24.3 Å². The first kappa shape index (κ1) is 11.9. The third kappa shape index (κ3) is 2.77. The summed E-state index contributed by atoms with van der Waals surface area (Å²) in [5.74, 6) is 0. The van der Waals surface area contributed by atoms with E-state index in [1.165, 1.54) is 0 Å². The van der Waals surface area contributed by atoms with E-state index in [1.807, 2.05) is 55.4 Å². The summed E-state index contributed by atoms with van der Waals surface area (Å²) in [6, 6.07) is 13.6. The van der Waals surface area contributed by atoms with Gasteiger partial charge in [-0.05, 0) is 36.4 Å². The van der Waals surface area contributed by atoms with Crippen LogP contribution in [-0.2, 0) is 0 Å². The molecule has 0 aliphatic carbocycles. The van der Waals surface area contributed by atoms with Gasteiger partial charge in [0, 0.05) is 25.5 Å². The fourth-order valence-corrected chi connectivity index (χ4v) is 1.54. The molecule has 0 fully saturated rings. The highest BCUT2D eigenvalue weighted by Gasteiger charge is 1.98. The van der Waals surface area contributed by atoms with Crippen molar-refractivity contribution in [3.05, 3.63) is 48.3 Å². The van der Waals surface area contributed by atoms with Gasteiger partial charge in [0.2, 0.25) is 0 Å². The minimum atomic E-state index is 0.420. The second-order valence-corrected chi connectivity index (χ2v) is 4.11. The Bertz CT molecular complexity index is 550. The molecule has 90 valence electrons. The van der Waals surface area contributed by atoms with E-state index < -0.39 is 0 Å². The summed E-state index contributed by atoms with van der Waals surface area (Å²) >= 11 is 0. The van der Waals surface area contributed by atoms with Crippen LogP contribution in [0.2, 0.25) is 0 Å². The minimum absolute atomic E-state index is 0.420. The number of nitrogens with one attached hydrogen (secondary N) is 1. The highest BCUT2D eigenvalue weighted by Crippen LogP contribution is 2.19. The highest BCUT2D eigenvalue weighted by molar-refractivity contribution is 5.62. The molecule has 0 unspecified atom stereocenters. The summed E-state index contributed by atoms with van der Waals surface area (Å²) in [4.78, 5) is 6.06. The number of benzene rings is 1. The molecule has 1 aromatic carbocycles. The van der Waals surface area contributed by atoms with Gasteiger partial charge in [-0.25, -0.2) is 4.98 Å². The molecule has 0 saturated heterocycles. The lowest BCUT2D eigenvalue weighted by Crippen LogP contribution is -2.08. The van der Waals surface area contributed by atoms with Gasteiger partial charge in [-0.3, -0.25) is 0 Å². The van der Waals surface area contributed by atoms with Crippen molar-refractivity contribution < 1.29 is 0 Å². The van der Waals surface area contributed by atoms with Crippen molar-refractivity contribution >= 4 is 17.1 Å². The smallest absolute Gasteiger partial charge is 0.140 e. The Morgan fingerprint density at radius 1 is 1.06 bits per heavy atom. The largest absolute Gasteiger partial charge is 0.378 e. The topological polar surface area (TPSA) is 52.0 Å². The molecule has 0 saturated carbocycles. The number of aromatic nitrogens is 1. The van der Waals surface area contributed by atoms with Crippen LogP contribution in [0.3, 0.4) is 0 Å². The molecule has 0 amide bonds. The molecule has 0 radical (unpaired) electrons. The van der Waals surface area contributed by atoms with E-state index in [0.717, 1.165) is 17.1 Å². The van der Waals surface area contributed by atoms with Crippen LogP contribution in [-0.4, -0.2) is 19.1 Å². The number of nitrogens with zero attached hydrogens (tertiary/aromatic N) is 3. The molecular formula is C14H14N4. The van der Waals surface area contributed by atoms with Crippen molar-refractivity contribution in [2.24, 2.45) is 0 Å². The molecule has 2 rings (SSSR count). The number of pyridine rings is 1. The van der Waals surface area contributed by atoms with Crippen molar-refractivity contribution in [3.63, 3.8) is 0 Å². The molecule has 0 bridgehead atoms. The van der Waals surface area contributed by atoms with Gasteiger partial charge in [-0.15, -0.1) is 0 Å². The fraction of sp³-hybridized carbons (Fsp3) is 0.143. The van der Waals surface area contributed by atoms with Crippen LogP contribution in [0.1, 0.15) is 5.69 Å². The Morgan fingerprint density at radius 3 is 2.22 bits per heavy atom. The van der Waals surface area contributed by atoms with Gasteiger partial charge in [0.05, 0.1) is 11.9 Å². The maximum Gasteiger partial charge on any atom is 0.140 e. The maximum atomic E-state index is 8.66. The van der Waals surface area contributed by atoms with Crippen molar-refractivity contribution in [1.82, 2.24) is 4.98 Å². The molecule has 2 aromatic rings. The van der Waals surface area contributed by atoms with Crippen molar-refractivity contribution in [1.29, 1.82) is 5.26 Å². The van der Waals surface area contributed by atoms with Gasteiger partial charge in [0.15, 0.2) is 0 Å². The Kier molecular flexibility index (Phi) is 3.44. The van der Waals surface area contributed by atoms with Crippen LogP contribution in [0, 0.1) is 11.3 Å². The summed E-state index contributed by atoms with van der Waals surface area (Å²) in [5.41, 5.74) is 3.43. The van der Waals surface area contributed by atoms with Crippen LogP contribution in [0.4, 0.5) is 17.1 Å². The first-order chi connectivity index (χ1) is 8.69. The molecule has 0 atom stereocenters. The molecule has 1 heterocycles. The average molecular weight is 238 g/mol. The maximum absolute atomic E-state index is 8.66. The Balaban J connectivity index is 2.11. The quantitative estimate of drug-likeness (QED) is 0.893. The fourth-order valence-electron chi connectivity index (χ4n) is 1.54. The predicted molar refractivity (Wildman–Crippen MR) is 73.0 cm³/mol. The van der Waals surface area contributed by atoms with Crippen LogP contribution in [0.5, 0.6) is 0 Å². The summed E-state index contributed by atoms with van der Waals surface area (Å²) in [7, 11) is 4.01. The normalized spacial score (nSPS) is 9.61. The first-order valence-electron chi connectivity index (χ1n) is 5.59. The lowest BCUT2D eigenvalue weighted by Gasteiger charge is -2.13. The lowest BCUT2D eigenvalue weighted by atomic mass is 10.2. The van der Waals surface area contributed by atoms with Gasteiger partial charge in [-0.2, -0.15) is 5.26 Å². The molecule has 1 aromatic heterocycles. The predicted octanol–water partition coefficient (Wildman–Crippen LogP) is 2.76. The minimum Gasteiger partial charge on any atom is -0.378 e. The molecule has 0 aliphatic heterocycles. The standard InChI is InChI=1S/C14H14N4/c1-18(2)14-7-5-11(6-8-14)17-13-4-3-12(9-15)16-10-13/h3-8,10,17H,1-2H3. The number of hydrogen-bond acceptors (Lipinski definition) is 4. The van der Waals surface area contributed by atoms with Crippen LogP contribution >= 0.6 is 0 Å². The monoisotopic (exact) mass is 238 g/mol. The van der Waals surface area contributed by atoms with Crippen LogP contribution < -0.4 is 10.2 Å². The molecule has 4 heteroatoms. The van der Waals surface area contributed by atoms with Gasteiger partial charge >= 0.3 is 0 Å². The Hall–Kier alpha value is -2.54. The van der Waals surface area contributed by atoms with E-state index in [-0.39, 0.29) is 0 Å². The van der Waals surface area contributed by atoms with E-state index >= 15 is 0 Å². The molecule has 0 spiro atoms. The average Bonchev–Trinajstić information content (AvgIpc) is 2.40. The van der Waals surface area contributed by atoms with Crippen LogP contribution in [0.25, 0.3) is 0 Å². The van der Waals surface area contributed by atoms with E-state index in [9.17, 15) is 0 Å². The van der Waals surface area contributed by atoms with Crippen molar-refractivity contribution in [3.8, 4) is 6.07 Å². The number of nitriles is 1. The zero-order valence-corrected chi connectivity index (χ0v) is 10.4. The zero-order valence-electron chi connectivity index (χ0n) is 10.4. The second-order valence-electron chi connectivity index (χ2n) is 4.11. The SMILES string of the molecule is CN(C)c1ccc(Nc2ccc(C#N)nc2)cc1. The third-order valence-electron chi connectivity index (χ3n) is 2.55. The molecule has 1 N–H and O–H groups in total. The van der Waals surface area contributed by atoms with E-state index in [2.05, 4.69) is 10.3 Å². The second kappa shape index (κ2) is 5.19. The first-order valence-corrected chi connectivity index (χ1v) is 5.59. The summed E-state index contributed by atoms with van der Waals surface area (Å²) in [6.45, 7) is 0. The third-order valence-corrected chi connectivity index (χ3v) is 2.55. The Morgan fingerprint density at radius 2 is 1.72 bits per heavy atom. The molecular weight excluding hydrogens is 224 g/mol. The summed E-state index contributed by atoms with van der Waals surface area (Å²) < 4.78 is 0. The van der Waals surface area contributed by atoms with Gasteiger partial charge in [0.1, 0.15) is 11.8 Å². The highest BCUT2D eigenvalue weighted by atomic mass is 15.1. The number of anilines is 3. The van der Waals surface area contributed by atoms with E-state index in [0.29, 0.717) is 5.69 Å². The van der Waals surface area contributed by atoms with E-state index in [4.69, 9.17) is 5.26 Å².